The number of rotatable bonds is 5. The molecule has 0 aromatic heterocycles. The van der Waals surface area contributed by atoms with E-state index in [0.717, 1.165) is 29.8 Å². The Balaban J connectivity index is 1.48. The molecule has 0 fully saturated rings. The van der Waals surface area contributed by atoms with Crippen LogP contribution in [0.4, 0.5) is 14.5 Å². The number of amides is 2. The summed E-state index contributed by atoms with van der Waals surface area (Å²) in [5, 5.41) is 2.44. The average molecular weight is 346 g/mol. The van der Waals surface area contributed by atoms with Crippen molar-refractivity contribution in [3.63, 3.8) is 0 Å². The van der Waals surface area contributed by atoms with Crippen LogP contribution in [0.1, 0.15) is 5.56 Å². The van der Waals surface area contributed by atoms with Crippen LogP contribution in [0, 0.1) is 11.6 Å². The van der Waals surface area contributed by atoms with Gasteiger partial charge < -0.3 is 15.0 Å². The second-order valence-corrected chi connectivity index (χ2v) is 5.56. The topological polar surface area (TPSA) is 58.6 Å². The minimum atomic E-state index is -0.891. The Morgan fingerprint density at radius 1 is 1.16 bits per heavy atom. The Kier molecular flexibility index (Phi) is 4.92. The van der Waals surface area contributed by atoms with E-state index in [1.807, 2.05) is 24.3 Å². The van der Waals surface area contributed by atoms with Crippen molar-refractivity contribution in [3.05, 3.63) is 59.7 Å². The number of carbonyl (C=O) groups excluding carboxylic acids is 2. The maximum absolute atomic E-state index is 13.4. The number of benzene rings is 2. The van der Waals surface area contributed by atoms with Gasteiger partial charge >= 0.3 is 0 Å². The molecule has 0 saturated carbocycles. The summed E-state index contributed by atoms with van der Waals surface area (Å²) in [5.41, 5.74) is 1.95. The lowest BCUT2D eigenvalue weighted by molar-refractivity contribution is -0.126. The van der Waals surface area contributed by atoms with E-state index in [0.29, 0.717) is 12.6 Å². The minimum Gasteiger partial charge on any atom is -0.481 e. The van der Waals surface area contributed by atoms with Crippen molar-refractivity contribution in [2.75, 3.05) is 24.6 Å². The fraction of sp³-hybridized carbons (Fsp3) is 0.222. The molecule has 0 aliphatic carbocycles. The van der Waals surface area contributed by atoms with E-state index in [1.54, 1.807) is 4.90 Å². The second kappa shape index (κ2) is 7.29. The molecule has 0 radical (unpaired) electrons. The van der Waals surface area contributed by atoms with Crippen molar-refractivity contribution in [1.29, 1.82) is 0 Å². The third kappa shape index (κ3) is 3.93. The van der Waals surface area contributed by atoms with Gasteiger partial charge in [-0.1, -0.05) is 18.2 Å². The van der Waals surface area contributed by atoms with E-state index in [2.05, 4.69) is 5.32 Å². The first-order valence-corrected chi connectivity index (χ1v) is 7.77. The van der Waals surface area contributed by atoms with Crippen molar-refractivity contribution in [3.8, 4) is 5.75 Å². The molecule has 2 aromatic rings. The fourth-order valence-electron chi connectivity index (χ4n) is 2.65. The molecule has 5 nitrogen and oxygen atoms in total. The van der Waals surface area contributed by atoms with Crippen molar-refractivity contribution in [1.82, 2.24) is 5.32 Å². The second-order valence-electron chi connectivity index (χ2n) is 5.56. The number of hydrogen-bond donors (Lipinski definition) is 1. The van der Waals surface area contributed by atoms with Crippen LogP contribution in [-0.4, -0.2) is 31.5 Å². The standard InChI is InChI=1S/C18H16F2N2O3/c19-13-5-6-16(14(20)9-13)25-11-17(23)21-10-18(24)22-8-7-12-3-1-2-4-15(12)22/h1-6,9H,7-8,10-11H2,(H,21,23). The number of anilines is 1. The van der Waals surface area contributed by atoms with Crippen LogP contribution in [0.15, 0.2) is 42.5 Å². The Bertz CT molecular complexity index is 811. The van der Waals surface area contributed by atoms with Gasteiger partial charge in [0.15, 0.2) is 18.2 Å². The minimum absolute atomic E-state index is 0.178. The van der Waals surface area contributed by atoms with Crippen LogP contribution in [0.5, 0.6) is 5.75 Å². The van der Waals surface area contributed by atoms with Gasteiger partial charge in [-0.15, -0.1) is 0 Å². The SMILES string of the molecule is O=C(COc1ccc(F)cc1F)NCC(=O)N1CCc2ccccc21. The van der Waals surface area contributed by atoms with Crippen LogP contribution in [0.2, 0.25) is 0 Å². The van der Waals surface area contributed by atoms with Gasteiger partial charge in [0.2, 0.25) is 5.91 Å². The molecule has 3 rings (SSSR count). The molecule has 0 unspecified atom stereocenters. The fourth-order valence-corrected chi connectivity index (χ4v) is 2.65. The maximum atomic E-state index is 13.4. The first-order chi connectivity index (χ1) is 12.0. The number of para-hydroxylation sites is 1. The molecule has 130 valence electrons. The number of nitrogens with zero attached hydrogens (tertiary/aromatic N) is 1. The zero-order chi connectivity index (χ0) is 17.8. The Hall–Kier alpha value is -2.96. The summed E-state index contributed by atoms with van der Waals surface area (Å²) in [6, 6.07) is 10.4. The molecule has 1 aliphatic heterocycles. The third-order valence-corrected chi connectivity index (χ3v) is 3.88. The van der Waals surface area contributed by atoms with Gasteiger partial charge in [-0.3, -0.25) is 9.59 Å². The summed E-state index contributed by atoms with van der Waals surface area (Å²) in [5.74, 6) is -2.64. The molecule has 0 bridgehead atoms. The monoisotopic (exact) mass is 346 g/mol. The summed E-state index contributed by atoms with van der Waals surface area (Å²) in [6.45, 7) is -0.0693. The van der Waals surface area contributed by atoms with Crippen molar-refractivity contribution in [2.24, 2.45) is 0 Å². The van der Waals surface area contributed by atoms with Crippen molar-refractivity contribution in [2.45, 2.75) is 6.42 Å². The highest BCUT2D eigenvalue weighted by Gasteiger charge is 2.24. The van der Waals surface area contributed by atoms with Crippen LogP contribution < -0.4 is 15.0 Å². The lowest BCUT2D eigenvalue weighted by atomic mass is 10.2. The smallest absolute Gasteiger partial charge is 0.258 e. The van der Waals surface area contributed by atoms with Gasteiger partial charge in [-0.25, -0.2) is 8.78 Å². The largest absolute Gasteiger partial charge is 0.481 e. The lowest BCUT2D eigenvalue weighted by Crippen LogP contribution is -2.41. The first kappa shape index (κ1) is 16.9. The number of nitrogens with one attached hydrogen (secondary N) is 1. The lowest BCUT2D eigenvalue weighted by Gasteiger charge is -2.17. The molecule has 25 heavy (non-hydrogen) atoms. The predicted molar refractivity (Wildman–Crippen MR) is 87.4 cm³/mol. The zero-order valence-electron chi connectivity index (χ0n) is 13.3. The molecular weight excluding hydrogens is 330 g/mol. The molecule has 0 spiro atoms. The summed E-state index contributed by atoms with van der Waals surface area (Å²) < 4.78 is 31.2. The number of fused-ring (bicyclic) bond motifs is 1. The molecule has 1 heterocycles. The summed E-state index contributed by atoms with van der Waals surface area (Å²) in [7, 11) is 0. The predicted octanol–water partition coefficient (Wildman–Crippen LogP) is 2.05. The normalized spacial score (nSPS) is 12.6. The summed E-state index contributed by atoms with van der Waals surface area (Å²) >= 11 is 0. The molecule has 1 aliphatic rings. The van der Waals surface area contributed by atoms with Crippen LogP contribution in [0.3, 0.4) is 0 Å². The molecule has 2 amide bonds. The summed E-state index contributed by atoms with van der Waals surface area (Å²) in [6.07, 6.45) is 0.781. The Morgan fingerprint density at radius 2 is 1.96 bits per heavy atom. The zero-order valence-corrected chi connectivity index (χ0v) is 13.3. The molecule has 1 N–H and O–H groups in total. The van der Waals surface area contributed by atoms with Crippen LogP contribution in [-0.2, 0) is 16.0 Å². The van der Waals surface area contributed by atoms with Gasteiger partial charge in [-0.2, -0.15) is 0 Å². The molecule has 7 heteroatoms. The van der Waals surface area contributed by atoms with Crippen molar-refractivity contribution < 1.29 is 23.1 Å². The van der Waals surface area contributed by atoms with Gasteiger partial charge in [-0.05, 0) is 30.2 Å². The number of carbonyl (C=O) groups is 2. The van der Waals surface area contributed by atoms with Gasteiger partial charge in [0.25, 0.3) is 5.91 Å². The quantitative estimate of drug-likeness (QED) is 0.901. The maximum Gasteiger partial charge on any atom is 0.258 e. The summed E-state index contributed by atoms with van der Waals surface area (Å²) in [4.78, 5) is 25.6. The van der Waals surface area contributed by atoms with Crippen LogP contribution >= 0.6 is 0 Å². The number of ether oxygens (including phenoxy) is 1. The van der Waals surface area contributed by atoms with E-state index >= 15 is 0 Å². The van der Waals surface area contributed by atoms with Gasteiger partial charge in [0, 0.05) is 18.3 Å². The van der Waals surface area contributed by atoms with Crippen LogP contribution in [0.25, 0.3) is 0 Å². The van der Waals surface area contributed by atoms with E-state index in [1.165, 1.54) is 0 Å². The van der Waals surface area contributed by atoms with Crippen molar-refractivity contribution >= 4 is 17.5 Å². The highest BCUT2D eigenvalue weighted by atomic mass is 19.1. The van der Waals surface area contributed by atoms with Gasteiger partial charge in [0.05, 0.1) is 6.54 Å². The Morgan fingerprint density at radius 3 is 2.76 bits per heavy atom. The number of hydrogen-bond acceptors (Lipinski definition) is 3. The molecule has 0 saturated heterocycles. The highest BCUT2D eigenvalue weighted by Crippen LogP contribution is 2.27. The third-order valence-electron chi connectivity index (χ3n) is 3.88. The van der Waals surface area contributed by atoms with E-state index < -0.39 is 24.1 Å². The van der Waals surface area contributed by atoms with Gasteiger partial charge in [0.1, 0.15) is 5.82 Å². The van der Waals surface area contributed by atoms with E-state index in [9.17, 15) is 18.4 Å². The molecular formula is C18H16F2N2O3. The Labute approximate surface area is 143 Å². The molecule has 2 aromatic carbocycles. The first-order valence-electron chi connectivity index (χ1n) is 7.77. The molecule has 0 atom stereocenters. The van der Waals surface area contributed by atoms with E-state index in [-0.39, 0.29) is 18.2 Å². The average Bonchev–Trinajstić information content (AvgIpc) is 3.03. The van der Waals surface area contributed by atoms with E-state index in [4.69, 9.17) is 4.74 Å². The highest BCUT2D eigenvalue weighted by molar-refractivity contribution is 5.98. The number of halogens is 2.